The highest BCUT2D eigenvalue weighted by atomic mass is 16.5. The van der Waals surface area contributed by atoms with Crippen LogP contribution >= 0.6 is 0 Å². The first kappa shape index (κ1) is 19.9. The van der Waals surface area contributed by atoms with Crippen molar-refractivity contribution in [1.82, 2.24) is 10.2 Å². The summed E-state index contributed by atoms with van der Waals surface area (Å²) < 4.78 is 5.50. The van der Waals surface area contributed by atoms with Crippen molar-refractivity contribution < 1.29 is 14.3 Å². The van der Waals surface area contributed by atoms with Gasteiger partial charge in [0, 0.05) is 43.5 Å². The van der Waals surface area contributed by atoms with E-state index in [4.69, 9.17) is 4.74 Å². The lowest BCUT2D eigenvalue weighted by molar-refractivity contribution is -0.118. The molecule has 0 radical (unpaired) electrons. The number of rotatable bonds is 6. The first-order chi connectivity index (χ1) is 13.6. The fourth-order valence-corrected chi connectivity index (χ4v) is 3.41. The molecule has 0 saturated carbocycles. The Balaban J connectivity index is 1.65. The molecule has 0 bridgehead atoms. The quantitative estimate of drug-likeness (QED) is 0.714. The Morgan fingerprint density at radius 2 is 1.79 bits per heavy atom. The van der Waals surface area contributed by atoms with Gasteiger partial charge in [-0.3, -0.25) is 14.5 Å². The van der Waals surface area contributed by atoms with Crippen LogP contribution in [0.2, 0.25) is 0 Å². The number of hydrogen-bond donors (Lipinski definition) is 3. The first-order valence-electron chi connectivity index (χ1n) is 9.32. The molecule has 1 unspecified atom stereocenters. The molecule has 1 atom stereocenters. The lowest BCUT2D eigenvalue weighted by Crippen LogP contribution is -2.48. The Morgan fingerprint density at radius 3 is 2.46 bits per heavy atom. The Morgan fingerprint density at radius 1 is 1.11 bits per heavy atom. The number of para-hydroxylation sites is 1. The number of hydrogen-bond acceptors (Lipinski definition) is 5. The Bertz CT molecular complexity index is 823. The predicted octanol–water partition coefficient (Wildman–Crippen LogP) is 2.24. The van der Waals surface area contributed by atoms with Gasteiger partial charge in [-0.2, -0.15) is 0 Å². The van der Waals surface area contributed by atoms with Gasteiger partial charge in [0.15, 0.2) is 0 Å². The van der Waals surface area contributed by atoms with Crippen LogP contribution in [0.15, 0.2) is 48.5 Å². The summed E-state index contributed by atoms with van der Waals surface area (Å²) in [5.41, 5.74) is 2.47. The Labute approximate surface area is 165 Å². The second-order valence-corrected chi connectivity index (χ2v) is 6.74. The van der Waals surface area contributed by atoms with E-state index in [2.05, 4.69) is 20.9 Å². The number of piperazine rings is 1. The molecule has 7 heteroatoms. The summed E-state index contributed by atoms with van der Waals surface area (Å²) in [6.45, 7) is 4.13. The zero-order valence-corrected chi connectivity index (χ0v) is 16.2. The molecule has 0 aliphatic carbocycles. The molecule has 2 amide bonds. The maximum atomic E-state index is 12.6. The molecule has 0 spiro atoms. The average molecular weight is 382 g/mol. The summed E-state index contributed by atoms with van der Waals surface area (Å²) in [5, 5.41) is 9.03. The molecule has 0 aromatic heterocycles. The number of benzene rings is 2. The van der Waals surface area contributed by atoms with Gasteiger partial charge in [0.25, 0.3) is 0 Å². The van der Waals surface area contributed by atoms with E-state index in [1.807, 2.05) is 24.3 Å². The third kappa shape index (κ3) is 5.09. The van der Waals surface area contributed by atoms with Gasteiger partial charge in [-0.15, -0.1) is 0 Å². The molecule has 7 nitrogen and oxygen atoms in total. The predicted molar refractivity (Wildman–Crippen MR) is 110 cm³/mol. The fraction of sp³-hybridized carbons (Fsp3) is 0.333. The second-order valence-electron chi connectivity index (χ2n) is 6.74. The third-order valence-corrected chi connectivity index (χ3v) is 4.69. The molecule has 148 valence electrons. The zero-order valence-electron chi connectivity index (χ0n) is 16.2. The first-order valence-corrected chi connectivity index (χ1v) is 9.32. The average Bonchev–Trinajstić information content (AvgIpc) is 2.69. The van der Waals surface area contributed by atoms with Crippen molar-refractivity contribution in [3.63, 3.8) is 0 Å². The van der Waals surface area contributed by atoms with E-state index < -0.39 is 0 Å². The van der Waals surface area contributed by atoms with Crippen molar-refractivity contribution in [2.75, 3.05) is 43.9 Å². The van der Waals surface area contributed by atoms with Crippen molar-refractivity contribution in [1.29, 1.82) is 0 Å². The summed E-state index contributed by atoms with van der Waals surface area (Å²) in [6, 6.07) is 15.1. The van der Waals surface area contributed by atoms with Crippen molar-refractivity contribution in [3.8, 4) is 5.75 Å². The summed E-state index contributed by atoms with van der Waals surface area (Å²) in [5.74, 6) is 0.627. The lowest BCUT2D eigenvalue weighted by Gasteiger charge is -2.36. The summed E-state index contributed by atoms with van der Waals surface area (Å²) >= 11 is 0. The standard InChI is InChI=1S/C21H26N4O3/c1-15(26)23-16-7-9-17(10-8-16)24-21(27)14-25-12-11-22-13-19(25)18-5-3-4-6-20(18)28-2/h3-10,19,22H,11-14H2,1-2H3,(H,23,26)(H,24,27). The lowest BCUT2D eigenvalue weighted by atomic mass is 10.0. The van der Waals surface area contributed by atoms with E-state index in [0.29, 0.717) is 11.4 Å². The van der Waals surface area contributed by atoms with E-state index in [1.54, 1.807) is 31.4 Å². The van der Waals surface area contributed by atoms with Gasteiger partial charge in [-0.25, -0.2) is 0 Å². The van der Waals surface area contributed by atoms with Crippen LogP contribution in [0.1, 0.15) is 18.5 Å². The van der Waals surface area contributed by atoms with Crippen LogP contribution in [0.3, 0.4) is 0 Å². The molecule has 3 N–H and O–H groups in total. The van der Waals surface area contributed by atoms with E-state index >= 15 is 0 Å². The van der Waals surface area contributed by atoms with Crippen molar-refractivity contribution in [2.45, 2.75) is 13.0 Å². The Hall–Kier alpha value is -2.90. The van der Waals surface area contributed by atoms with Crippen LogP contribution in [0.25, 0.3) is 0 Å². The molecule has 2 aromatic carbocycles. The molecule has 1 aliphatic rings. The van der Waals surface area contributed by atoms with E-state index in [1.165, 1.54) is 6.92 Å². The van der Waals surface area contributed by atoms with Gasteiger partial charge in [0.2, 0.25) is 11.8 Å². The minimum atomic E-state index is -0.127. The maximum Gasteiger partial charge on any atom is 0.238 e. The maximum absolute atomic E-state index is 12.6. The van der Waals surface area contributed by atoms with Crippen LogP contribution in [-0.2, 0) is 9.59 Å². The smallest absolute Gasteiger partial charge is 0.238 e. The highest BCUT2D eigenvalue weighted by Crippen LogP contribution is 2.30. The minimum absolute atomic E-state index is 0.0674. The third-order valence-electron chi connectivity index (χ3n) is 4.69. The molecule has 1 saturated heterocycles. The van der Waals surface area contributed by atoms with Gasteiger partial charge in [-0.1, -0.05) is 18.2 Å². The van der Waals surface area contributed by atoms with Crippen LogP contribution in [0, 0.1) is 0 Å². The molecule has 1 heterocycles. The number of nitrogens with one attached hydrogen (secondary N) is 3. The minimum Gasteiger partial charge on any atom is -0.496 e. The number of amides is 2. The SMILES string of the molecule is COc1ccccc1C1CNCCN1CC(=O)Nc1ccc(NC(C)=O)cc1. The Kier molecular flexibility index (Phi) is 6.62. The summed E-state index contributed by atoms with van der Waals surface area (Å²) in [7, 11) is 1.66. The number of ether oxygens (including phenoxy) is 1. The normalized spacial score (nSPS) is 17.0. The molecular weight excluding hydrogens is 356 g/mol. The van der Waals surface area contributed by atoms with Gasteiger partial charge in [0.05, 0.1) is 19.7 Å². The number of carbonyl (C=O) groups is 2. The van der Waals surface area contributed by atoms with Gasteiger partial charge >= 0.3 is 0 Å². The summed E-state index contributed by atoms with van der Waals surface area (Å²) in [4.78, 5) is 25.9. The number of carbonyl (C=O) groups excluding carboxylic acids is 2. The van der Waals surface area contributed by atoms with Crippen LogP contribution in [0.4, 0.5) is 11.4 Å². The number of anilines is 2. The summed E-state index contributed by atoms with van der Waals surface area (Å²) in [6.07, 6.45) is 0. The largest absolute Gasteiger partial charge is 0.496 e. The van der Waals surface area contributed by atoms with Crippen molar-refractivity contribution in [3.05, 3.63) is 54.1 Å². The fourth-order valence-electron chi connectivity index (χ4n) is 3.41. The van der Waals surface area contributed by atoms with Crippen LogP contribution < -0.4 is 20.7 Å². The highest BCUT2D eigenvalue weighted by molar-refractivity contribution is 5.93. The number of methoxy groups -OCH3 is 1. The topological polar surface area (TPSA) is 82.7 Å². The van der Waals surface area contributed by atoms with Crippen molar-refractivity contribution in [2.24, 2.45) is 0 Å². The zero-order chi connectivity index (χ0) is 19.9. The second kappa shape index (κ2) is 9.34. The van der Waals surface area contributed by atoms with Gasteiger partial charge < -0.3 is 20.7 Å². The highest BCUT2D eigenvalue weighted by Gasteiger charge is 2.27. The molecular formula is C21H26N4O3. The van der Waals surface area contributed by atoms with E-state index in [-0.39, 0.29) is 24.4 Å². The van der Waals surface area contributed by atoms with E-state index in [0.717, 1.165) is 30.9 Å². The molecule has 1 fully saturated rings. The molecule has 2 aromatic rings. The van der Waals surface area contributed by atoms with E-state index in [9.17, 15) is 9.59 Å². The molecule has 1 aliphatic heterocycles. The van der Waals surface area contributed by atoms with Gasteiger partial charge in [0.1, 0.15) is 5.75 Å². The van der Waals surface area contributed by atoms with Crippen molar-refractivity contribution >= 4 is 23.2 Å². The van der Waals surface area contributed by atoms with Crippen LogP contribution in [0.5, 0.6) is 5.75 Å². The molecule has 3 rings (SSSR count). The monoisotopic (exact) mass is 382 g/mol. The molecule has 28 heavy (non-hydrogen) atoms. The van der Waals surface area contributed by atoms with Crippen LogP contribution in [-0.4, -0.2) is 50.0 Å². The number of nitrogens with zero attached hydrogens (tertiary/aromatic N) is 1. The van der Waals surface area contributed by atoms with Gasteiger partial charge in [-0.05, 0) is 30.3 Å².